The number of carbonyl (C=O) groups excluding carboxylic acids is 1. The fraction of sp³-hybridized carbons (Fsp3) is 0.0667. The topological polar surface area (TPSA) is 93.8 Å². The molecule has 7 nitrogen and oxygen atoms in total. The molecule has 0 aromatic heterocycles. The van der Waals surface area contributed by atoms with Crippen LogP contribution in [0.1, 0.15) is 5.56 Å². The summed E-state index contributed by atoms with van der Waals surface area (Å²) in [4.78, 5) is 21.9. The number of carbonyl (C=O) groups is 1. The van der Waals surface area contributed by atoms with Crippen LogP contribution in [0.4, 0.5) is 5.69 Å². The summed E-state index contributed by atoms with van der Waals surface area (Å²) in [5.74, 6) is -0.178. The molecule has 0 bridgehead atoms. The van der Waals surface area contributed by atoms with Crippen LogP contribution >= 0.6 is 39.1 Å². The number of amides is 1. The van der Waals surface area contributed by atoms with Crippen molar-refractivity contribution in [2.75, 3.05) is 6.61 Å². The Kier molecular flexibility index (Phi) is 6.74. The van der Waals surface area contributed by atoms with E-state index in [1.807, 2.05) is 0 Å². The number of nitro groups is 1. The van der Waals surface area contributed by atoms with Crippen molar-refractivity contribution in [3.05, 3.63) is 66.6 Å². The summed E-state index contributed by atoms with van der Waals surface area (Å²) in [6.07, 6.45) is 1.21. The zero-order valence-corrected chi connectivity index (χ0v) is 15.5. The van der Waals surface area contributed by atoms with Gasteiger partial charge in [-0.2, -0.15) is 5.10 Å². The molecule has 0 unspecified atom stereocenters. The van der Waals surface area contributed by atoms with E-state index < -0.39 is 10.8 Å². The van der Waals surface area contributed by atoms with Gasteiger partial charge in [-0.3, -0.25) is 14.9 Å². The van der Waals surface area contributed by atoms with Crippen LogP contribution in [0, 0.1) is 10.1 Å². The summed E-state index contributed by atoms with van der Waals surface area (Å²) < 4.78 is 6.06. The molecule has 2 rings (SSSR count). The molecule has 0 saturated heterocycles. The molecule has 0 aliphatic rings. The molecule has 0 spiro atoms. The second-order valence-electron chi connectivity index (χ2n) is 4.62. The standard InChI is InChI=1S/C15H10BrCl2N3O4/c16-10-1-4-14(13(18)6-10)25-8-15(22)20-19-7-9-5-11(21(23)24)2-3-12(9)17/h1-7H,8H2,(H,20,22)/b19-7+. The number of hydrogen-bond acceptors (Lipinski definition) is 5. The first-order valence-electron chi connectivity index (χ1n) is 6.70. The summed E-state index contributed by atoms with van der Waals surface area (Å²) >= 11 is 15.1. The number of hydrazone groups is 1. The molecule has 0 aliphatic carbocycles. The zero-order chi connectivity index (χ0) is 18.4. The van der Waals surface area contributed by atoms with Gasteiger partial charge in [-0.25, -0.2) is 5.43 Å². The highest BCUT2D eigenvalue weighted by Crippen LogP contribution is 2.27. The quantitative estimate of drug-likeness (QED) is 0.408. The SMILES string of the molecule is O=C(COc1ccc(Br)cc1Cl)N/N=C/c1cc([N+](=O)[O-])ccc1Cl. The highest BCUT2D eigenvalue weighted by Gasteiger charge is 2.09. The van der Waals surface area contributed by atoms with Crippen molar-refractivity contribution in [1.29, 1.82) is 0 Å². The Bertz CT molecular complexity index is 846. The van der Waals surface area contributed by atoms with Crippen LogP contribution in [0.3, 0.4) is 0 Å². The summed E-state index contributed by atoms with van der Waals surface area (Å²) in [6, 6.07) is 8.87. The summed E-state index contributed by atoms with van der Waals surface area (Å²) in [5.41, 5.74) is 2.40. The van der Waals surface area contributed by atoms with Crippen LogP contribution < -0.4 is 10.2 Å². The number of rotatable bonds is 6. The predicted molar refractivity (Wildman–Crippen MR) is 98.5 cm³/mol. The van der Waals surface area contributed by atoms with Gasteiger partial charge >= 0.3 is 0 Å². The van der Waals surface area contributed by atoms with Gasteiger partial charge in [0, 0.05) is 27.2 Å². The molecule has 1 amide bonds. The first-order chi connectivity index (χ1) is 11.9. The summed E-state index contributed by atoms with van der Waals surface area (Å²) in [7, 11) is 0. The van der Waals surface area contributed by atoms with Gasteiger partial charge in [0.25, 0.3) is 11.6 Å². The second kappa shape index (κ2) is 8.80. The maximum absolute atomic E-state index is 11.7. The molecule has 1 N–H and O–H groups in total. The fourth-order valence-electron chi connectivity index (χ4n) is 1.69. The lowest BCUT2D eigenvalue weighted by atomic mass is 10.2. The van der Waals surface area contributed by atoms with E-state index in [4.69, 9.17) is 27.9 Å². The third-order valence-electron chi connectivity index (χ3n) is 2.84. The third-order valence-corrected chi connectivity index (χ3v) is 3.97. The van der Waals surface area contributed by atoms with Gasteiger partial charge in [-0.1, -0.05) is 39.1 Å². The van der Waals surface area contributed by atoms with Crippen molar-refractivity contribution in [1.82, 2.24) is 5.43 Å². The first kappa shape index (κ1) is 19.2. The van der Waals surface area contributed by atoms with Gasteiger partial charge in [0.2, 0.25) is 0 Å². The molecule has 130 valence electrons. The highest BCUT2D eigenvalue weighted by atomic mass is 79.9. The molecular weight excluding hydrogens is 437 g/mol. The average molecular weight is 447 g/mol. The number of nitrogens with one attached hydrogen (secondary N) is 1. The van der Waals surface area contributed by atoms with E-state index in [0.717, 1.165) is 4.47 Å². The Morgan fingerprint density at radius 3 is 2.72 bits per heavy atom. The van der Waals surface area contributed by atoms with E-state index >= 15 is 0 Å². The molecule has 0 aliphatic heterocycles. The van der Waals surface area contributed by atoms with Gasteiger partial charge < -0.3 is 4.74 Å². The van der Waals surface area contributed by atoms with E-state index in [-0.39, 0.29) is 17.3 Å². The minimum atomic E-state index is -0.554. The van der Waals surface area contributed by atoms with Crippen LogP contribution in [0.5, 0.6) is 5.75 Å². The third kappa shape index (κ3) is 5.70. The molecule has 0 fully saturated rings. The van der Waals surface area contributed by atoms with Gasteiger partial charge in [-0.15, -0.1) is 0 Å². The molecule has 2 aromatic rings. The lowest BCUT2D eigenvalue weighted by Gasteiger charge is -2.07. The lowest BCUT2D eigenvalue weighted by molar-refractivity contribution is -0.384. The van der Waals surface area contributed by atoms with E-state index in [0.29, 0.717) is 16.3 Å². The van der Waals surface area contributed by atoms with Crippen molar-refractivity contribution < 1.29 is 14.5 Å². The maximum atomic E-state index is 11.7. The van der Waals surface area contributed by atoms with Crippen molar-refractivity contribution >= 4 is 56.9 Å². The minimum absolute atomic E-state index is 0.134. The van der Waals surface area contributed by atoms with Gasteiger partial charge in [0.1, 0.15) is 5.75 Å². The molecule has 0 heterocycles. The number of halogens is 3. The van der Waals surface area contributed by atoms with Crippen molar-refractivity contribution in [2.45, 2.75) is 0 Å². The average Bonchev–Trinajstić information content (AvgIpc) is 2.55. The molecule has 0 atom stereocenters. The first-order valence-corrected chi connectivity index (χ1v) is 8.25. The number of nitro benzene ring substituents is 1. The molecular formula is C15H10BrCl2N3O4. The Labute approximate surface area is 160 Å². The number of non-ortho nitro benzene ring substituents is 1. The van der Waals surface area contributed by atoms with Crippen molar-refractivity contribution in [2.24, 2.45) is 5.10 Å². The molecule has 2 aromatic carbocycles. The number of nitrogens with zero attached hydrogens (tertiary/aromatic N) is 2. The van der Waals surface area contributed by atoms with Gasteiger partial charge in [0.15, 0.2) is 6.61 Å². The van der Waals surface area contributed by atoms with Crippen molar-refractivity contribution in [3.63, 3.8) is 0 Å². The molecule has 0 saturated carbocycles. The van der Waals surface area contributed by atoms with Crippen LogP contribution in [0.15, 0.2) is 46.0 Å². The van der Waals surface area contributed by atoms with Gasteiger partial charge in [0.05, 0.1) is 16.2 Å². The summed E-state index contributed by atoms with van der Waals surface area (Å²) in [5, 5.41) is 15.1. The fourth-order valence-corrected chi connectivity index (χ4v) is 2.58. The number of ether oxygens (including phenoxy) is 1. The monoisotopic (exact) mass is 445 g/mol. The maximum Gasteiger partial charge on any atom is 0.277 e. The Morgan fingerprint density at radius 1 is 1.28 bits per heavy atom. The van der Waals surface area contributed by atoms with Crippen LogP contribution in [0.25, 0.3) is 0 Å². The van der Waals surface area contributed by atoms with Crippen LogP contribution in [-0.4, -0.2) is 23.7 Å². The van der Waals surface area contributed by atoms with Gasteiger partial charge in [-0.05, 0) is 24.3 Å². The van der Waals surface area contributed by atoms with Crippen LogP contribution in [-0.2, 0) is 4.79 Å². The number of hydrogen-bond donors (Lipinski definition) is 1. The lowest BCUT2D eigenvalue weighted by Crippen LogP contribution is -2.24. The van der Waals surface area contributed by atoms with E-state index in [1.54, 1.807) is 18.2 Å². The summed E-state index contributed by atoms with van der Waals surface area (Å²) in [6.45, 7) is -0.304. The highest BCUT2D eigenvalue weighted by molar-refractivity contribution is 9.10. The molecule has 0 radical (unpaired) electrons. The largest absolute Gasteiger partial charge is 0.482 e. The van der Waals surface area contributed by atoms with E-state index in [2.05, 4.69) is 26.5 Å². The van der Waals surface area contributed by atoms with E-state index in [1.165, 1.54) is 24.4 Å². The molecule has 25 heavy (non-hydrogen) atoms. The Hall–Kier alpha value is -2.16. The number of benzene rings is 2. The van der Waals surface area contributed by atoms with Crippen LogP contribution in [0.2, 0.25) is 10.0 Å². The Morgan fingerprint density at radius 2 is 2.04 bits per heavy atom. The predicted octanol–water partition coefficient (Wildman–Crippen LogP) is 4.19. The smallest absolute Gasteiger partial charge is 0.277 e. The Balaban J connectivity index is 1.92. The zero-order valence-electron chi connectivity index (χ0n) is 12.4. The second-order valence-corrected chi connectivity index (χ2v) is 6.35. The molecule has 10 heteroatoms. The van der Waals surface area contributed by atoms with Crippen molar-refractivity contribution in [3.8, 4) is 5.75 Å². The normalized spacial score (nSPS) is 10.7. The van der Waals surface area contributed by atoms with E-state index in [9.17, 15) is 14.9 Å². The minimum Gasteiger partial charge on any atom is -0.482 e.